The molecule has 1 aromatic heterocycles. The molecule has 0 radical (unpaired) electrons. The first-order chi connectivity index (χ1) is 9.97. The van der Waals surface area contributed by atoms with E-state index in [1.54, 1.807) is 0 Å². The van der Waals surface area contributed by atoms with Crippen LogP contribution in [0.25, 0.3) is 0 Å². The average molecular weight is 311 g/mol. The van der Waals surface area contributed by atoms with Crippen molar-refractivity contribution in [1.82, 2.24) is 10.3 Å². The lowest BCUT2D eigenvalue weighted by Crippen LogP contribution is -2.48. The summed E-state index contributed by atoms with van der Waals surface area (Å²) in [6, 6.07) is -1.32. The number of hydrogen-bond donors (Lipinski definition) is 3. The molecule has 0 spiro atoms. The Hall–Kier alpha value is -1.63. The van der Waals surface area contributed by atoms with Gasteiger partial charge in [-0.25, -0.2) is 14.6 Å². The van der Waals surface area contributed by atoms with Gasteiger partial charge < -0.3 is 10.4 Å². The highest BCUT2D eigenvalue weighted by molar-refractivity contribution is 7.15. The number of rotatable bonds is 4. The lowest BCUT2D eigenvalue weighted by molar-refractivity contribution is -0.141. The van der Waals surface area contributed by atoms with Crippen molar-refractivity contribution in [3.8, 4) is 0 Å². The zero-order valence-corrected chi connectivity index (χ0v) is 13.1. The third-order valence-electron chi connectivity index (χ3n) is 3.92. The Morgan fingerprint density at radius 3 is 2.48 bits per heavy atom. The Morgan fingerprint density at radius 2 is 1.95 bits per heavy atom. The minimum Gasteiger partial charge on any atom is -0.480 e. The number of aliphatic carboxylic acids is 1. The number of aromatic nitrogens is 1. The van der Waals surface area contributed by atoms with Gasteiger partial charge in [0, 0.05) is 4.88 Å². The van der Waals surface area contributed by atoms with Gasteiger partial charge >= 0.3 is 12.0 Å². The van der Waals surface area contributed by atoms with Gasteiger partial charge in [-0.1, -0.05) is 19.3 Å². The van der Waals surface area contributed by atoms with Gasteiger partial charge in [-0.2, -0.15) is 0 Å². The molecule has 1 aliphatic rings. The topological polar surface area (TPSA) is 91.3 Å². The van der Waals surface area contributed by atoms with Crippen LogP contribution in [0.1, 0.15) is 42.7 Å². The molecule has 0 saturated heterocycles. The third-order valence-corrected chi connectivity index (χ3v) is 4.91. The van der Waals surface area contributed by atoms with Crippen LogP contribution in [0.15, 0.2) is 0 Å². The van der Waals surface area contributed by atoms with Crippen LogP contribution in [0.4, 0.5) is 9.93 Å². The van der Waals surface area contributed by atoms with Crippen LogP contribution in [-0.2, 0) is 4.79 Å². The third kappa shape index (κ3) is 4.17. The highest BCUT2D eigenvalue weighted by atomic mass is 32.1. The smallest absolute Gasteiger partial charge is 0.326 e. The zero-order valence-electron chi connectivity index (χ0n) is 12.3. The number of anilines is 1. The Labute approximate surface area is 128 Å². The first kappa shape index (κ1) is 15.8. The average Bonchev–Trinajstić information content (AvgIpc) is 2.75. The minimum absolute atomic E-state index is 0.0155. The molecular weight excluding hydrogens is 290 g/mol. The summed E-state index contributed by atoms with van der Waals surface area (Å²) >= 11 is 1.38. The van der Waals surface area contributed by atoms with Crippen molar-refractivity contribution >= 4 is 28.5 Å². The molecule has 116 valence electrons. The van der Waals surface area contributed by atoms with E-state index in [-0.39, 0.29) is 5.92 Å². The van der Waals surface area contributed by atoms with Crippen LogP contribution < -0.4 is 10.6 Å². The Bertz CT molecular complexity index is 504. The molecule has 1 aliphatic carbocycles. The Morgan fingerprint density at radius 1 is 1.29 bits per heavy atom. The van der Waals surface area contributed by atoms with E-state index in [1.165, 1.54) is 11.3 Å². The molecule has 7 heteroatoms. The molecule has 1 atom stereocenters. The van der Waals surface area contributed by atoms with Crippen LogP contribution in [0.5, 0.6) is 0 Å². The first-order valence-corrected chi connectivity index (χ1v) is 8.03. The van der Waals surface area contributed by atoms with Crippen molar-refractivity contribution in [2.24, 2.45) is 5.92 Å². The fourth-order valence-electron chi connectivity index (χ4n) is 2.65. The maximum atomic E-state index is 12.0. The van der Waals surface area contributed by atoms with Crippen molar-refractivity contribution in [2.45, 2.75) is 52.0 Å². The summed E-state index contributed by atoms with van der Waals surface area (Å²) in [7, 11) is 0. The van der Waals surface area contributed by atoms with Crippen molar-refractivity contribution in [1.29, 1.82) is 0 Å². The molecule has 0 aliphatic heterocycles. The number of carboxylic acid groups (broad SMARTS) is 1. The van der Waals surface area contributed by atoms with Crippen molar-refractivity contribution in [3.63, 3.8) is 0 Å². The molecule has 1 unspecified atom stereocenters. The van der Waals surface area contributed by atoms with Gasteiger partial charge in [0.05, 0.1) is 5.69 Å². The highest BCUT2D eigenvalue weighted by Gasteiger charge is 2.30. The maximum absolute atomic E-state index is 12.0. The Balaban J connectivity index is 1.96. The van der Waals surface area contributed by atoms with E-state index < -0.39 is 18.0 Å². The molecule has 0 bridgehead atoms. The summed E-state index contributed by atoms with van der Waals surface area (Å²) in [5.41, 5.74) is 0.873. The number of hydrogen-bond acceptors (Lipinski definition) is 4. The van der Waals surface area contributed by atoms with Crippen LogP contribution in [0, 0.1) is 19.8 Å². The van der Waals surface area contributed by atoms with Crippen molar-refractivity contribution in [3.05, 3.63) is 10.6 Å². The summed E-state index contributed by atoms with van der Waals surface area (Å²) in [5.74, 6) is -0.953. The second-order valence-electron chi connectivity index (χ2n) is 5.47. The number of carboxylic acids is 1. The van der Waals surface area contributed by atoms with E-state index in [0.29, 0.717) is 5.13 Å². The molecular formula is C14H21N3O3S. The van der Waals surface area contributed by atoms with Gasteiger partial charge in [0.15, 0.2) is 5.13 Å². The largest absolute Gasteiger partial charge is 0.480 e. The Kier molecular flexibility index (Phi) is 5.17. The van der Waals surface area contributed by atoms with Crippen LogP contribution in [0.3, 0.4) is 0 Å². The fourth-order valence-corrected chi connectivity index (χ4v) is 3.46. The number of nitrogens with zero attached hydrogens (tertiary/aromatic N) is 1. The molecule has 1 saturated carbocycles. The molecule has 6 nitrogen and oxygen atoms in total. The van der Waals surface area contributed by atoms with E-state index in [4.69, 9.17) is 0 Å². The molecule has 21 heavy (non-hydrogen) atoms. The van der Waals surface area contributed by atoms with E-state index in [9.17, 15) is 14.7 Å². The van der Waals surface area contributed by atoms with Crippen LogP contribution in [0.2, 0.25) is 0 Å². The lowest BCUT2D eigenvalue weighted by atomic mass is 9.84. The van der Waals surface area contributed by atoms with E-state index >= 15 is 0 Å². The normalized spacial score (nSPS) is 17.2. The monoisotopic (exact) mass is 311 g/mol. The van der Waals surface area contributed by atoms with Gasteiger partial charge in [0.25, 0.3) is 0 Å². The lowest BCUT2D eigenvalue weighted by Gasteiger charge is -2.27. The fraction of sp³-hybridized carbons (Fsp3) is 0.643. The summed E-state index contributed by atoms with van der Waals surface area (Å²) in [4.78, 5) is 28.6. The number of thiazole rings is 1. The molecule has 3 N–H and O–H groups in total. The SMILES string of the molecule is Cc1nc(NC(=O)NC(C(=O)O)C2CCCCC2)sc1C. The predicted molar refractivity (Wildman–Crippen MR) is 81.7 cm³/mol. The van der Waals surface area contributed by atoms with Gasteiger partial charge in [-0.3, -0.25) is 5.32 Å². The molecule has 1 aromatic rings. The van der Waals surface area contributed by atoms with Crippen LogP contribution >= 0.6 is 11.3 Å². The molecule has 2 amide bonds. The van der Waals surface area contributed by atoms with Gasteiger partial charge in [0.2, 0.25) is 0 Å². The quantitative estimate of drug-likeness (QED) is 0.797. The zero-order chi connectivity index (χ0) is 15.4. The van der Waals surface area contributed by atoms with Gasteiger partial charge in [-0.05, 0) is 32.6 Å². The maximum Gasteiger partial charge on any atom is 0.326 e. The summed E-state index contributed by atoms with van der Waals surface area (Å²) in [6.45, 7) is 3.80. The molecule has 1 heterocycles. The predicted octanol–water partition coefficient (Wildman–Crippen LogP) is 2.91. The van der Waals surface area contributed by atoms with Gasteiger partial charge in [0.1, 0.15) is 6.04 Å². The van der Waals surface area contributed by atoms with Crippen LogP contribution in [-0.4, -0.2) is 28.1 Å². The second-order valence-corrected chi connectivity index (χ2v) is 6.68. The molecule has 1 fully saturated rings. The number of aryl methyl sites for hydroxylation is 2. The van der Waals surface area contributed by atoms with E-state index in [1.807, 2.05) is 13.8 Å². The van der Waals surface area contributed by atoms with E-state index in [0.717, 1.165) is 42.7 Å². The summed E-state index contributed by atoms with van der Waals surface area (Å²) < 4.78 is 0. The van der Waals surface area contributed by atoms with Crippen molar-refractivity contribution in [2.75, 3.05) is 5.32 Å². The summed E-state index contributed by atoms with van der Waals surface area (Å²) in [5, 5.41) is 15.0. The number of amides is 2. The minimum atomic E-state index is -0.969. The summed E-state index contributed by atoms with van der Waals surface area (Å²) in [6.07, 6.45) is 4.91. The highest BCUT2D eigenvalue weighted by Crippen LogP contribution is 2.27. The van der Waals surface area contributed by atoms with Gasteiger partial charge in [-0.15, -0.1) is 11.3 Å². The number of carbonyl (C=O) groups excluding carboxylic acids is 1. The molecule has 0 aromatic carbocycles. The second kappa shape index (κ2) is 6.89. The number of carbonyl (C=O) groups is 2. The number of urea groups is 1. The first-order valence-electron chi connectivity index (χ1n) is 7.21. The molecule has 2 rings (SSSR count). The van der Waals surface area contributed by atoms with Crippen molar-refractivity contribution < 1.29 is 14.7 Å². The standard InChI is InChI=1S/C14H21N3O3S/c1-8-9(2)21-14(15-8)17-13(20)16-11(12(18)19)10-6-4-3-5-7-10/h10-11H,3-7H2,1-2H3,(H,18,19)(H2,15,16,17,20). The number of nitrogens with one attached hydrogen (secondary N) is 2. The van der Waals surface area contributed by atoms with E-state index in [2.05, 4.69) is 15.6 Å².